The molecule has 1 aliphatic heterocycles. The van der Waals surface area contributed by atoms with E-state index in [1.54, 1.807) is 18.2 Å². The summed E-state index contributed by atoms with van der Waals surface area (Å²) >= 11 is 1.40. The summed E-state index contributed by atoms with van der Waals surface area (Å²) < 4.78 is 19.8. The smallest absolute Gasteiger partial charge is 0.260 e. The molecule has 1 aromatic heterocycles. The number of carbonyl (C=O) groups is 1. The summed E-state index contributed by atoms with van der Waals surface area (Å²) in [5.74, 6) is 0.937. The van der Waals surface area contributed by atoms with Crippen LogP contribution in [-0.2, 0) is 4.79 Å². The summed E-state index contributed by atoms with van der Waals surface area (Å²) in [7, 11) is 0. The Balaban J connectivity index is 1.36. The van der Waals surface area contributed by atoms with Gasteiger partial charge in [-0.3, -0.25) is 4.79 Å². The molecule has 3 aromatic rings. The highest BCUT2D eigenvalue weighted by Gasteiger charge is 2.28. The third-order valence-corrected chi connectivity index (χ3v) is 6.70. The minimum Gasteiger partial charge on any atom is -0.484 e. The molecule has 0 N–H and O–H groups in total. The van der Waals surface area contributed by atoms with Gasteiger partial charge in [0, 0.05) is 24.6 Å². The summed E-state index contributed by atoms with van der Waals surface area (Å²) in [5, 5.41) is 9.91. The summed E-state index contributed by atoms with van der Waals surface area (Å²) in [5.41, 5.74) is 1.70. The SMILES string of the molecule is CC(C)c1ccc(OCC(=O)N2CCCC(c3nnc(-c4ccccc4F)s3)C2)cc1. The number of carbonyl (C=O) groups excluding carboxylic acids is 1. The molecule has 1 unspecified atom stereocenters. The molecule has 162 valence electrons. The fourth-order valence-corrected chi connectivity index (χ4v) is 4.73. The highest BCUT2D eigenvalue weighted by molar-refractivity contribution is 7.14. The molecule has 1 amide bonds. The molecule has 0 bridgehead atoms. The van der Waals surface area contributed by atoms with Crippen LogP contribution in [0.25, 0.3) is 10.6 Å². The molecule has 5 nitrogen and oxygen atoms in total. The number of piperidine rings is 1. The fraction of sp³-hybridized carbons (Fsp3) is 0.375. The number of hydrogen-bond donors (Lipinski definition) is 0. The lowest BCUT2D eigenvalue weighted by Crippen LogP contribution is -2.41. The first kappa shape index (κ1) is 21.4. The van der Waals surface area contributed by atoms with E-state index in [1.807, 2.05) is 29.2 Å². The van der Waals surface area contributed by atoms with Crippen LogP contribution < -0.4 is 4.74 Å². The lowest BCUT2D eigenvalue weighted by Gasteiger charge is -2.31. The number of rotatable bonds is 6. The van der Waals surface area contributed by atoms with Crippen molar-refractivity contribution in [2.24, 2.45) is 0 Å². The first-order valence-corrected chi connectivity index (χ1v) is 11.4. The number of amides is 1. The number of ether oxygens (including phenoxy) is 1. The van der Waals surface area contributed by atoms with Gasteiger partial charge in [0.1, 0.15) is 16.6 Å². The van der Waals surface area contributed by atoms with E-state index in [0.29, 0.717) is 35.3 Å². The summed E-state index contributed by atoms with van der Waals surface area (Å²) in [4.78, 5) is 14.5. The molecule has 0 radical (unpaired) electrons. The van der Waals surface area contributed by atoms with Gasteiger partial charge in [-0.2, -0.15) is 0 Å². The van der Waals surface area contributed by atoms with Crippen LogP contribution in [0.15, 0.2) is 48.5 Å². The van der Waals surface area contributed by atoms with Crippen LogP contribution in [0.5, 0.6) is 5.75 Å². The molecule has 0 spiro atoms. The Bertz CT molecular complexity index is 1040. The van der Waals surface area contributed by atoms with Crippen molar-refractivity contribution in [1.29, 1.82) is 0 Å². The molecule has 4 rings (SSSR count). The maximum Gasteiger partial charge on any atom is 0.260 e. The number of nitrogens with zero attached hydrogens (tertiary/aromatic N) is 3. The Labute approximate surface area is 185 Å². The van der Waals surface area contributed by atoms with E-state index in [2.05, 4.69) is 24.0 Å². The Morgan fingerprint density at radius 1 is 1.19 bits per heavy atom. The zero-order valence-corrected chi connectivity index (χ0v) is 18.6. The minimum absolute atomic E-state index is 0.0182. The monoisotopic (exact) mass is 439 g/mol. The van der Waals surface area contributed by atoms with Gasteiger partial charge in [0.15, 0.2) is 11.6 Å². The van der Waals surface area contributed by atoms with Crippen LogP contribution in [-0.4, -0.2) is 40.7 Å². The van der Waals surface area contributed by atoms with E-state index in [-0.39, 0.29) is 24.2 Å². The minimum atomic E-state index is -0.302. The molecule has 1 aliphatic rings. The zero-order chi connectivity index (χ0) is 21.8. The third-order valence-electron chi connectivity index (χ3n) is 5.58. The maximum absolute atomic E-state index is 14.1. The number of hydrogen-bond acceptors (Lipinski definition) is 5. The standard InChI is InChI=1S/C24H26FN3O2S/c1-16(2)17-9-11-19(12-10-17)30-15-22(29)28-13-5-6-18(14-28)23-26-27-24(31-23)20-7-3-4-8-21(20)25/h3-4,7-12,16,18H,5-6,13-15H2,1-2H3. The summed E-state index contributed by atoms with van der Waals surface area (Å²) in [6.07, 6.45) is 1.83. The molecule has 2 heterocycles. The second-order valence-corrected chi connectivity index (χ2v) is 9.13. The molecule has 1 fully saturated rings. The predicted molar refractivity (Wildman–Crippen MR) is 120 cm³/mol. The number of halogens is 1. The quantitative estimate of drug-likeness (QED) is 0.526. The van der Waals surface area contributed by atoms with Crippen molar-refractivity contribution in [2.45, 2.75) is 38.5 Å². The molecule has 0 saturated carbocycles. The van der Waals surface area contributed by atoms with Gasteiger partial charge in [-0.15, -0.1) is 10.2 Å². The lowest BCUT2D eigenvalue weighted by atomic mass is 9.99. The van der Waals surface area contributed by atoms with Gasteiger partial charge in [-0.25, -0.2) is 4.39 Å². The second kappa shape index (κ2) is 9.56. The lowest BCUT2D eigenvalue weighted by molar-refractivity contribution is -0.134. The van der Waals surface area contributed by atoms with Gasteiger partial charge in [-0.05, 0) is 48.6 Å². The van der Waals surface area contributed by atoms with Crippen LogP contribution in [0, 0.1) is 5.82 Å². The van der Waals surface area contributed by atoms with Crippen LogP contribution in [0.4, 0.5) is 4.39 Å². The number of aromatic nitrogens is 2. The topological polar surface area (TPSA) is 55.3 Å². The van der Waals surface area contributed by atoms with E-state index >= 15 is 0 Å². The predicted octanol–water partition coefficient (Wildman–Crippen LogP) is 5.25. The Morgan fingerprint density at radius 3 is 2.71 bits per heavy atom. The van der Waals surface area contributed by atoms with Crippen molar-refractivity contribution in [3.05, 3.63) is 64.9 Å². The van der Waals surface area contributed by atoms with Crippen LogP contribution in [0.2, 0.25) is 0 Å². The fourth-order valence-electron chi connectivity index (χ4n) is 3.73. The summed E-state index contributed by atoms with van der Waals surface area (Å²) in [6, 6.07) is 14.5. The van der Waals surface area contributed by atoms with Gasteiger partial charge < -0.3 is 9.64 Å². The Morgan fingerprint density at radius 2 is 1.97 bits per heavy atom. The first-order valence-electron chi connectivity index (χ1n) is 10.6. The van der Waals surface area contributed by atoms with Crippen LogP contribution in [0.3, 0.4) is 0 Å². The van der Waals surface area contributed by atoms with E-state index < -0.39 is 0 Å². The van der Waals surface area contributed by atoms with E-state index in [9.17, 15) is 9.18 Å². The average Bonchev–Trinajstić information content (AvgIpc) is 3.28. The number of likely N-dealkylation sites (tertiary alicyclic amines) is 1. The zero-order valence-electron chi connectivity index (χ0n) is 17.8. The van der Waals surface area contributed by atoms with Gasteiger partial charge in [-0.1, -0.05) is 49.4 Å². The van der Waals surface area contributed by atoms with E-state index in [1.165, 1.54) is 23.0 Å². The van der Waals surface area contributed by atoms with Gasteiger partial charge in [0.05, 0.1) is 0 Å². The average molecular weight is 440 g/mol. The molecular formula is C24H26FN3O2S. The first-order chi connectivity index (χ1) is 15.0. The molecule has 31 heavy (non-hydrogen) atoms. The third kappa shape index (κ3) is 5.10. The largest absolute Gasteiger partial charge is 0.484 e. The molecule has 2 aromatic carbocycles. The number of benzene rings is 2. The van der Waals surface area contributed by atoms with Gasteiger partial charge in [0.2, 0.25) is 0 Å². The van der Waals surface area contributed by atoms with Crippen molar-refractivity contribution in [2.75, 3.05) is 19.7 Å². The molecule has 1 atom stereocenters. The van der Waals surface area contributed by atoms with E-state index in [0.717, 1.165) is 17.8 Å². The summed E-state index contributed by atoms with van der Waals surface area (Å²) in [6.45, 7) is 5.60. The molecule has 0 aliphatic carbocycles. The normalized spacial score (nSPS) is 16.5. The van der Waals surface area contributed by atoms with Gasteiger partial charge >= 0.3 is 0 Å². The Kier molecular flexibility index (Phi) is 6.61. The van der Waals surface area contributed by atoms with Crippen molar-refractivity contribution in [3.8, 4) is 16.3 Å². The van der Waals surface area contributed by atoms with E-state index in [4.69, 9.17) is 4.74 Å². The Hall–Kier alpha value is -2.80. The highest BCUT2D eigenvalue weighted by atomic mass is 32.1. The van der Waals surface area contributed by atoms with Crippen molar-refractivity contribution in [1.82, 2.24) is 15.1 Å². The van der Waals surface area contributed by atoms with Crippen LogP contribution in [0.1, 0.15) is 49.1 Å². The highest BCUT2D eigenvalue weighted by Crippen LogP contribution is 2.33. The van der Waals surface area contributed by atoms with Crippen molar-refractivity contribution in [3.63, 3.8) is 0 Å². The van der Waals surface area contributed by atoms with Crippen molar-refractivity contribution >= 4 is 17.2 Å². The molecular weight excluding hydrogens is 413 g/mol. The molecule has 7 heteroatoms. The van der Waals surface area contributed by atoms with Crippen molar-refractivity contribution < 1.29 is 13.9 Å². The second-order valence-electron chi connectivity index (χ2n) is 8.12. The maximum atomic E-state index is 14.1. The molecule has 1 saturated heterocycles. The van der Waals surface area contributed by atoms with Crippen LogP contribution >= 0.6 is 11.3 Å². The van der Waals surface area contributed by atoms with Gasteiger partial charge in [0.25, 0.3) is 5.91 Å².